The summed E-state index contributed by atoms with van der Waals surface area (Å²) in [6, 6.07) is 16.4. The van der Waals surface area contributed by atoms with Crippen LogP contribution in [0.3, 0.4) is 0 Å². The molecule has 1 aliphatic heterocycles. The van der Waals surface area contributed by atoms with Crippen molar-refractivity contribution in [2.75, 3.05) is 38.7 Å². The van der Waals surface area contributed by atoms with E-state index in [1.54, 1.807) is 0 Å². The number of aromatic nitrogens is 1. The van der Waals surface area contributed by atoms with Crippen LogP contribution in [0.2, 0.25) is 0 Å². The molecule has 0 atom stereocenters. The highest BCUT2D eigenvalue weighted by Gasteiger charge is 2.30. The van der Waals surface area contributed by atoms with Gasteiger partial charge in [0, 0.05) is 43.4 Å². The molecule has 1 N–H and O–H groups in total. The molecule has 198 valence electrons. The fourth-order valence-electron chi connectivity index (χ4n) is 4.94. The maximum atomic E-state index is 13.2. The summed E-state index contributed by atoms with van der Waals surface area (Å²) in [5.74, 6) is 0.238. The molecule has 5 nitrogen and oxygen atoms in total. The summed E-state index contributed by atoms with van der Waals surface area (Å²) in [4.78, 5) is 15.5. The van der Waals surface area contributed by atoms with E-state index in [-0.39, 0.29) is 5.69 Å². The van der Waals surface area contributed by atoms with E-state index in [1.807, 2.05) is 43.3 Å². The predicted molar refractivity (Wildman–Crippen MR) is 140 cm³/mol. The maximum absolute atomic E-state index is 13.2. The highest BCUT2D eigenvalue weighted by molar-refractivity contribution is 6.06. The van der Waals surface area contributed by atoms with Crippen LogP contribution in [-0.2, 0) is 17.5 Å². The van der Waals surface area contributed by atoms with E-state index in [1.165, 1.54) is 12.1 Å². The van der Waals surface area contributed by atoms with Crippen LogP contribution in [0.15, 0.2) is 60.7 Å². The van der Waals surface area contributed by atoms with Gasteiger partial charge in [0.05, 0.1) is 11.1 Å². The zero-order chi connectivity index (χ0) is 26.4. The van der Waals surface area contributed by atoms with Crippen LogP contribution in [0.25, 0.3) is 11.3 Å². The largest absolute Gasteiger partial charge is 0.416 e. The lowest BCUT2D eigenvalue weighted by Gasteiger charge is -2.27. The second-order valence-corrected chi connectivity index (χ2v) is 9.75. The molecule has 1 amide bonds. The molecule has 0 aliphatic carbocycles. The zero-order valence-electron chi connectivity index (χ0n) is 21.4. The maximum Gasteiger partial charge on any atom is 0.416 e. The standard InChI is InChI=1S/C29H34F3N3O2/c1-21-26(28(36)33-25-11-6-10-24(18-25)29(30,31)32)19-27(23-8-4-3-5-9-23)35(21)15-7-14-34(2)20-22-12-16-37-17-13-22/h3-6,8-11,18-19,22H,7,12-17,20H2,1-2H3,(H,33,36). The first kappa shape index (κ1) is 26.9. The molecule has 2 heterocycles. The van der Waals surface area contributed by atoms with Crippen molar-refractivity contribution in [1.29, 1.82) is 0 Å². The number of anilines is 1. The number of carbonyl (C=O) groups excluding carboxylic acids is 1. The Hall–Kier alpha value is -3.10. The molecule has 2 aromatic carbocycles. The number of nitrogens with zero attached hydrogens (tertiary/aromatic N) is 2. The van der Waals surface area contributed by atoms with Gasteiger partial charge in [0.15, 0.2) is 0 Å². The Bertz CT molecular complexity index is 1180. The third-order valence-corrected chi connectivity index (χ3v) is 6.96. The second-order valence-electron chi connectivity index (χ2n) is 9.75. The Labute approximate surface area is 216 Å². The topological polar surface area (TPSA) is 46.5 Å². The Balaban J connectivity index is 1.50. The first-order chi connectivity index (χ1) is 17.7. The molecule has 0 spiro atoms. The van der Waals surface area contributed by atoms with Crippen molar-refractivity contribution in [3.05, 3.63) is 77.5 Å². The lowest BCUT2D eigenvalue weighted by atomic mass is 10.00. The van der Waals surface area contributed by atoms with Crippen molar-refractivity contribution >= 4 is 11.6 Å². The molecule has 0 bridgehead atoms. The zero-order valence-corrected chi connectivity index (χ0v) is 21.4. The van der Waals surface area contributed by atoms with Gasteiger partial charge in [-0.3, -0.25) is 4.79 Å². The molecular formula is C29H34F3N3O2. The van der Waals surface area contributed by atoms with Gasteiger partial charge in [0.1, 0.15) is 0 Å². The second kappa shape index (κ2) is 12.0. The summed E-state index contributed by atoms with van der Waals surface area (Å²) < 4.78 is 47.0. The molecule has 1 aliphatic rings. The number of benzene rings is 2. The SMILES string of the molecule is Cc1c(C(=O)Nc2cccc(C(F)(F)F)c2)cc(-c2ccccc2)n1CCCN(C)CC1CCOCC1. The number of alkyl halides is 3. The Morgan fingerprint density at radius 2 is 1.81 bits per heavy atom. The van der Waals surface area contributed by atoms with Crippen LogP contribution >= 0.6 is 0 Å². The van der Waals surface area contributed by atoms with Gasteiger partial charge >= 0.3 is 6.18 Å². The summed E-state index contributed by atoms with van der Waals surface area (Å²) in [5, 5.41) is 2.65. The number of nitrogens with one attached hydrogen (secondary N) is 1. The number of halogens is 3. The van der Waals surface area contributed by atoms with Gasteiger partial charge in [-0.25, -0.2) is 0 Å². The van der Waals surface area contributed by atoms with Crippen LogP contribution in [0.1, 0.15) is 40.9 Å². The number of carbonyl (C=O) groups is 1. The van der Waals surface area contributed by atoms with E-state index >= 15 is 0 Å². The average molecular weight is 514 g/mol. The van der Waals surface area contributed by atoms with Crippen molar-refractivity contribution in [2.45, 2.75) is 38.9 Å². The Kier molecular flexibility index (Phi) is 8.71. The number of hydrogen-bond acceptors (Lipinski definition) is 3. The quantitative estimate of drug-likeness (QED) is 0.356. The summed E-state index contributed by atoms with van der Waals surface area (Å²) in [6.07, 6.45) is -1.37. The minimum atomic E-state index is -4.47. The van der Waals surface area contributed by atoms with E-state index in [2.05, 4.69) is 21.8 Å². The fourth-order valence-corrected chi connectivity index (χ4v) is 4.94. The first-order valence-electron chi connectivity index (χ1n) is 12.7. The number of hydrogen-bond donors (Lipinski definition) is 1. The third-order valence-electron chi connectivity index (χ3n) is 6.96. The summed E-state index contributed by atoms with van der Waals surface area (Å²) in [6.45, 7) is 6.27. The van der Waals surface area contributed by atoms with Gasteiger partial charge in [-0.2, -0.15) is 13.2 Å². The van der Waals surface area contributed by atoms with Crippen molar-refractivity contribution in [2.24, 2.45) is 5.92 Å². The Morgan fingerprint density at radius 3 is 2.51 bits per heavy atom. The minimum absolute atomic E-state index is 0.114. The lowest BCUT2D eigenvalue weighted by molar-refractivity contribution is -0.137. The van der Waals surface area contributed by atoms with E-state index in [4.69, 9.17) is 4.74 Å². The molecule has 1 aromatic heterocycles. The van der Waals surface area contributed by atoms with Gasteiger partial charge in [0.2, 0.25) is 0 Å². The van der Waals surface area contributed by atoms with Gasteiger partial charge < -0.3 is 19.5 Å². The molecular weight excluding hydrogens is 479 g/mol. The van der Waals surface area contributed by atoms with Crippen LogP contribution in [0, 0.1) is 12.8 Å². The van der Waals surface area contributed by atoms with Gasteiger partial charge in [-0.1, -0.05) is 36.4 Å². The van der Waals surface area contributed by atoms with E-state index in [9.17, 15) is 18.0 Å². The molecule has 0 unspecified atom stereocenters. The van der Waals surface area contributed by atoms with Crippen LogP contribution in [0.5, 0.6) is 0 Å². The normalized spacial score (nSPS) is 14.8. The third kappa shape index (κ3) is 7.02. The highest BCUT2D eigenvalue weighted by Crippen LogP contribution is 2.31. The molecule has 3 aromatic rings. The summed E-state index contributed by atoms with van der Waals surface area (Å²) in [7, 11) is 2.14. The van der Waals surface area contributed by atoms with Crippen LogP contribution in [0.4, 0.5) is 18.9 Å². The smallest absolute Gasteiger partial charge is 0.381 e. The first-order valence-corrected chi connectivity index (χ1v) is 12.7. The average Bonchev–Trinajstić information content (AvgIpc) is 3.21. The molecule has 0 radical (unpaired) electrons. The van der Waals surface area contributed by atoms with E-state index in [0.717, 1.165) is 81.2 Å². The minimum Gasteiger partial charge on any atom is -0.381 e. The van der Waals surface area contributed by atoms with Gasteiger partial charge in [0.25, 0.3) is 5.91 Å². The van der Waals surface area contributed by atoms with Crippen LogP contribution in [-0.4, -0.2) is 48.7 Å². The van der Waals surface area contributed by atoms with E-state index < -0.39 is 17.6 Å². The number of amides is 1. The van der Waals surface area contributed by atoms with Crippen molar-refractivity contribution in [1.82, 2.24) is 9.47 Å². The molecule has 1 fully saturated rings. The van der Waals surface area contributed by atoms with E-state index in [0.29, 0.717) is 11.5 Å². The van der Waals surface area contributed by atoms with Crippen LogP contribution < -0.4 is 5.32 Å². The van der Waals surface area contributed by atoms with Crippen molar-refractivity contribution in [3.8, 4) is 11.3 Å². The predicted octanol–water partition coefficient (Wildman–Crippen LogP) is 6.48. The van der Waals surface area contributed by atoms with Crippen molar-refractivity contribution < 1.29 is 22.7 Å². The highest BCUT2D eigenvalue weighted by atomic mass is 19.4. The van der Waals surface area contributed by atoms with Gasteiger partial charge in [-0.05, 0) is 75.5 Å². The molecule has 8 heteroatoms. The molecule has 4 rings (SSSR count). The fraction of sp³-hybridized carbons (Fsp3) is 0.414. The van der Waals surface area contributed by atoms with Crippen molar-refractivity contribution in [3.63, 3.8) is 0 Å². The Morgan fingerprint density at radius 1 is 1.08 bits per heavy atom. The lowest BCUT2D eigenvalue weighted by Crippen LogP contribution is -2.30. The summed E-state index contributed by atoms with van der Waals surface area (Å²) >= 11 is 0. The molecule has 37 heavy (non-hydrogen) atoms. The van der Waals surface area contributed by atoms with Gasteiger partial charge in [-0.15, -0.1) is 0 Å². The number of ether oxygens (including phenoxy) is 1. The molecule has 0 saturated carbocycles. The monoisotopic (exact) mass is 513 g/mol. The molecule has 1 saturated heterocycles. The summed E-state index contributed by atoms with van der Waals surface area (Å²) in [5.41, 5.74) is 2.46. The number of rotatable bonds is 9.